The number of unbranched alkanes of at least 4 members (excludes halogenated alkanes) is 1. The van der Waals surface area contributed by atoms with Gasteiger partial charge in [0.1, 0.15) is 5.78 Å². The van der Waals surface area contributed by atoms with E-state index in [1.165, 1.54) is 5.56 Å². The van der Waals surface area contributed by atoms with Gasteiger partial charge >= 0.3 is 7.12 Å². The first kappa shape index (κ1) is 34.9. The van der Waals surface area contributed by atoms with Crippen LogP contribution in [0.3, 0.4) is 0 Å². The fraction of sp³-hybridized carbons (Fsp3) is 0.727. The average molecular weight is 626 g/mol. The van der Waals surface area contributed by atoms with Gasteiger partial charge in [-0.05, 0) is 87.0 Å². The molecular weight excluding hydrogens is 573 g/mol. The summed E-state index contributed by atoms with van der Waals surface area (Å²) in [6.07, 6.45) is 6.76. The van der Waals surface area contributed by atoms with Crippen LogP contribution in [0.15, 0.2) is 35.3 Å². The smallest absolute Gasteiger partial charge is 0.404 e. The Morgan fingerprint density at radius 1 is 1.16 bits per heavy atom. The van der Waals surface area contributed by atoms with Gasteiger partial charge in [-0.1, -0.05) is 63.5 Å². The molecule has 2 bridgehead atoms. The highest BCUT2D eigenvalue weighted by Crippen LogP contribution is 2.65. The normalized spacial score (nSPS) is 26.5. The van der Waals surface area contributed by atoms with E-state index in [4.69, 9.17) is 15.0 Å². The first-order valence-corrected chi connectivity index (χ1v) is 16.7. The largest absolute Gasteiger partial charge is 0.481 e. The van der Waals surface area contributed by atoms with Crippen molar-refractivity contribution in [2.24, 2.45) is 39.8 Å². The van der Waals surface area contributed by atoms with Crippen LogP contribution in [0.25, 0.3) is 0 Å². The Labute approximate surface area is 268 Å². The van der Waals surface area contributed by atoms with Gasteiger partial charge in [0, 0.05) is 25.3 Å². The third-order valence-electron chi connectivity index (χ3n) is 10.4. The summed E-state index contributed by atoms with van der Waals surface area (Å²) in [7, 11) is -0.548. The van der Waals surface area contributed by atoms with E-state index >= 15 is 0 Å². The van der Waals surface area contributed by atoms with E-state index in [0.29, 0.717) is 43.4 Å². The van der Waals surface area contributed by atoms with Gasteiger partial charge in [-0.25, -0.2) is 15.1 Å². The van der Waals surface area contributed by atoms with Crippen molar-refractivity contribution in [2.45, 2.75) is 116 Å². The number of rotatable bonds is 17. The number of carbonyl (C=O) groups excluding carboxylic acids is 2. The fourth-order valence-electron chi connectivity index (χ4n) is 7.78. The molecule has 0 radical (unpaired) electrons. The Hall–Kier alpha value is -2.99. The average Bonchev–Trinajstić information content (AvgIpc) is 3.33. The number of aryl methyl sites for hydroxylation is 1. The highest BCUT2D eigenvalue weighted by atomic mass is 16.7. The first-order valence-electron chi connectivity index (χ1n) is 16.7. The predicted octanol–water partition coefficient (Wildman–Crippen LogP) is 4.65. The summed E-state index contributed by atoms with van der Waals surface area (Å²) in [5.74, 6) is -0.0150. The summed E-state index contributed by atoms with van der Waals surface area (Å²) in [6, 6.07) is 10.2. The zero-order valence-corrected chi connectivity index (χ0v) is 27.6. The quantitative estimate of drug-likeness (QED) is 0.0564. The van der Waals surface area contributed by atoms with Gasteiger partial charge in [0.25, 0.3) is 5.96 Å². The Kier molecular flexibility index (Phi) is 11.7. The number of Topliss-reactive ketones (excluding diaryl/α,β-unsaturated/α-hetero) is 1. The van der Waals surface area contributed by atoms with E-state index < -0.39 is 18.1 Å². The standard InChI is InChI=1S/C33H52BN5O6/c1-22(2)18-29(34-44-28-21-25-20-27(32(25,3)4)33(28,5)45-34)37-30(41)24(15-11-17-36-31(35)38-39(42)43)19-26(40)16-10-9-14-23-12-7-6-8-13-23/h6-8,12-13,22,24-25,27-29H,9-11,14-21H2,1-5H3,(H,37,41)(H3,35,36,38)/t24-,25-,27-,28-,29+,33+/m1/s1. The maximum Gasteiger partial charge on any atom is 0.481 e. The number of amides is 1. The number of hydrazine groups is 1. The molecule has 1 amide bonds. The Morgan fingerprint density at radius 3 is 2.56 bits per heavy atom. The van der Waals surface area contributed by atoms with E-state index in [0.717, 1.165) is 32.1 Å². The van der Waals surface area contributed by atoms with Crippen molar-refractivity contribution >= 4 is 24.8 Å². The zero-order valence-electron chi connectivity index (χ0n) is 27.6. The van der Waals surface area contributed by atoms with Gasteiger partial charge in [0.2, 0.25) is 5.91 Å². The van der Waals surface area contributed by atoms with Crippen molar-refractivity contribution in [3.63, 3.8) is 0 Å². The van der Waals surface area contributed by atoms with Crippen LogP contribution < -0.4 is 16.5 Å². The Morgan fingerprint density at radius 2 is 1.89 bits per heavy atom. The van der Waals surface area contributed by atoms with Crippen LogP contribution in [-0.2, 0) is 25.3 Å². The zero-order chi connectivity index (χ0) is 32.8. The lowest BCUT2D eigenvalue weighted by Gasteiger charge is -2.64. The summed E-state index contributed by atoms with van der Waals surface area (Å²) in [5, 5.41) is 13.1. The lowest BCUT2D eigenvalue weighted by atomic mass is 9.43. The number of nitrogens with one attached hydrogen (secondary N) is 2. The van der Waals surface area contributed by atoms with Gasteiger partial charge in [0.05, 0.1) is 17.6 Å². The highest BCUT2D eigenvalue weighted by Gasteiger charge is 2.68. The molecule has 3 aliphatic carbocycles. The number of aliphatic imine (C=N–C) groups is 1. The number of nitrogens with two attached hydrogens (primary N) is 1. The van der Waals surface area contributed by atoms with E-state index in [-0.39, 0.29) is 53.7 Å². The van der Waals surface area contributed by atoms with Crippen LogP contribution in [0.2, 0.25) is 0 Å². The molecule has 1 aliphatic heterocycles. The summed E-state index contributed by atoms with van der Waals surface area (Å²) in [6.45, 7) is 11.2. The van der Waals surface area contributed by atoms with Gasteiger partial charge < -0.3 is 20.4 Å². The number of guanidine groups is 1. The maximum atomic E-state index is 13.8. The molecule has 4 N–H and O–H groups in total. The molecule has 1 aromatic carbocycles. The second-order valence-corrected chi connectivity index (χ2v) is 14.5. The molecule has 1 saturated heterocycles. The molecule has 3 saturated carbocycles. The highest BCUT2D eigenvalue weighted by molar-refractivity contribution is 6.47. The molecule has 1 heterocycles. The van der Waals surface area contributed by atoms with E-state index in [1.54, 1.807) is 0 Å². The molecule has 11 nitrogen and oxygen atoms in total. The Bertz CT molecular complexity index is 1210. The van der Waals surface area contributed by atoms with Crippen molar-refractivity contribution in [3.8, 4) is 0 Å². The molecule has 6 atom stereocenters. The molecule has 4 aliphatic rings. The second kappa shape index (κ2) is 15.1. The number of nitro groups is 1. The monoisotopic (exact) mass is 625 g/mol. The maximum absolute atomic E-state index is 13.8. The summed E-state index contributed by atoms with van der Waals surface area (Å²) in [5.41, 5.74) is 8.46. The number of hydrogen-bond acceptors (Lipinski definition) is 7. The minimum absolute atomic E-state index is 0.00944. The molecule has 12 heteroatoms. The number of nitrogens with zero attached hydrogens (tertiary/aromatic N) is 2. The molecule has 1 aromatic rings. The molecule has 45 heavy (non-hydrogen) atoms. The minimum Gasteiger partial charge on any atom is -0.404 e. The molecule has 0 unspecified atom stereocenters. The molecular formula is C33H52BN5O6. The second-order valence-electron chi connectivity index (χ2n) is 14.5. The lowest BCUT2D eigenvalue weighted by molar-refractivity contribution is -0.525. The van der Waals surface area contributed by atoms with Crippen molar-refractivity contribution in [2.75, 3.05) is 6.54 Å². The van der Waals surface area contributed by atoms with E-state index in [2.05, 4.69) is 57.1 Å². The topological polar surface area (TPSA) is 158 Å². The number of ketones is 1. The van der Waals surface area contributed by atoms with Crippen LogP contribution in [0.5, 0.6) is 0 Å². The third-order valence-corrected chi connectivity index (χ3v) is 10.4. The van der Waals surface area contributed by atoms with Crippen LogP contribution in [0.1, 0.15) is 98.0 Å². The lowest BCUT2D eigenvalue weighted by Crippen LogP contribution is -2.65. The van der Waals surface area contributed by atoms with Gasteiger partial charge in [-0.15, -0.1) is 0 Å². The minimum atomic E-state index is -0.769. The van der Waals surface area contributed by atoms with E-state index in [1.807, 2.05) is 23.6 Å². The fourth-order valence-corrected chi connectivity index (χ4v) is 7.78. The summed E-state index contributed by atoms with van der Waals surface area (Å²) < 4.78 is 13.3. The van der Waals surface area contributed by atoms with Crippen molar-refractivity contribution in [1.82, 2.24) is 10.7 Å². The predicted molar refractivity (Wildman–Crippen MR) is 174 cm³/mol. The van der Waals surface area contributed by atoms with Gasteiger partial charge in [-0.2, -0.15) is 0 Å². The SMILES string of the molecule is CC(C)C[C@H](NC(=O)[C@H](CCCN=C(N)N[N+](=O)[O-])CC(=O)CCCCc1ccccc1)B1O[C@@H]2C[C@H]3C[C@H](C3(C)C)[C@]2(C)O1. The molecule has 5 rings (SSSR count). The third kappa shape index (κ3) is 8.84. The van der Waals surface area contributed by atoms with Crippen molar-refractivity contribution in [3.05, 3.63) is 46.0 Å². The van der Waals surface area contributed by atoms with E-state index in [9.17, 15) is 19.7 Å². The van der Waals surface area contributed by atoms with Crippen LogP contribution in [0, 0.1) is 39.2 Å². The Balaban J connectivity index is 1.38. The van der Waals surface area contributed by atoms with Gasteiger partial charge in [-0.3, -0.25) is 9.59 Å². The molecule has 0 spiro atoms. The van der Waals surface area contributed by atoms with Crippen molar-refractivity contribution < 1.29 is 23.9 Å². The van der Waals surface area contributed by atoms with Crippen LogP contribution >= 0.6 is 0 Å². The summed E-state index contributed by atoms with van der Waals surface area (Å²) in [4.78, 5) is 41.6. The number of hydrogen-bond donors (Lipinski definition) is 3. The number of carbonyl (C=O) groups is 2. The first-order chi connectivity index (χ1) is 21.3. The van der Waals surface area contributed by atoms with Crippen LogP contribution in [-0.4, -0.2) is 54.0 Å². The van der Waals surface area contributed by atoms with Gasteiger partial charge in [0.15, 0.2) is 5.03 Å². The van der Waals surface area contributed by atoms with Crippen LogP contribution in [0.4, 0.5) is 0 Å². The molecule has 0 aromatic heterocycles. The molecule has 248 valence electrons. The van der Waals surface area contributed by atoms with Crippen molar-refractivity contribution in [1.29, 1.82) is 0 Å². The number of benzene rings is 1. The summed E-state index contributed by atoms with van der Waals surface area (Å²) >= 11 is 0. The molecule has 4 fully saturated rings.